The molecule has 0 spiro atoms. The summed E-state index contributed by atoms with van der Waals surface area (Å²) in [5, 5.41) is 27.3. The average molecular weight is 465 g/mol. The van der Waals surface area contributed by atoms with Crippen molar-refractivity contribution in [3.05, 3.63) is 78.9 Å². The molecule has 0 aliphatic carbocycles. The Morgan fingerprint density at radius 1 is 1.32 bits per heavy atom. The standard InChI is InChI=1S/C22H32N4O3S2/c1-16-6-5-7-18(10-16)20(27)12-24-22(14-26(28)29)23-8-9-30-15-19-11-17(2)21(31-19)13-25(3)4/h5-7,10-11,14,20,23-24,27H,8-9,12-13,15H2,1-4H3/b22-14-. The Bertz CT molecular complexity index is 883. The second-order valence-corrected chi connectivity index (χ2v) is 10.0. The number of thiophene rings is 1. The maximum absolute atomic E-state index is 10.9. The van der Waals surface area contributed by atoms with Gasteiger partial charge in [0.2, 0.25) is 0 Å². The maximum atomic E-state index is 10.9. The largest absolute Gasteiger partial charge is 0.387 e. The molecule has 1 aromatic heterocycles. The van der Waals surface area contributed by atoms with Crippen molar-refractivity contribution in [3.63, 3.8) is 0 Å². The molecule has 0 bridgehead atoms. The van der Waals surface area contributed by atoms with E-state index in [9.17, 15) is 15.2 Å². The van der Waals surface area contributed by atoms with Gasteiger partial charge in [0.25, 0.3) is 6.20 Å². The summed E-state index contributed by atoms with van der Waals surface area (Å²) in [5.41, 5.74) is 3.17. The van der Waals surface area contributed by atoms with E-state index in [1.807, 2.05) is 42.5 Å². The summed E-state index contributed by atoms with van der Waals surface area (Å²) in [7, 11) is 4.15. The van der Waals surface area contributed by atoms with E-state index in [-0.39, 0.29) is 6.54 Å². The van der Waals surface area contributed by atoms with Crippen molar-refractivity contribution in [1.82, 2.24) is 15.5 Å². The molecule has 0 amide bonds. The number of benzene rings is 1. The fraction of sp³-hybridized carbons (Fsp3) is 0.455. The Kier molecular flexibility index (Phi) is 10.3. The Balaban J connectivity index is 1.77. The zero-order chi connectivity index (χ0) is 22.8. The first kappa shape index (κ1) is 25.2. The van der Waals surface area contributed by atoms with Gasteiger partial charge in [-0.3, -0.25) is 10.1 Å². The molecule has 2 rings (SSSR count). The third kappa shape index (κ3) is 9.30. The zero-order valence-electron chi connectivity index (χ0n) is 18.6. The molecule has 1 heterocycles. The Hall–Kier alpha value is -2.07. The lowest BCUT2D eigenvalue weighted by atomic mass is 10.1. The second kappa shape index (κ2) is 12.7. The molecule has 0 saturated carbocycles. The maximum Gasteiger partial charge on any atom is 0.274 e. The predicted molar refractivity (Wildman–Crippen MR) is 130 cm³/mol. The molecule has 170 valence electrons. The van der Waals surface area contributed by atoms with Gasteiger partial charge in [0.05, 0.1) is 11.0 Å². The fourth-order valence-electron chi connectivity index (χ4n) is 3.00. The molecule has 0 aliphatic heterocycles. The van der Waals surface area contributed by atoms with Crippen molar-refractivity contribution in [1.29, 1.82) is 0 Å². The number of nitrogens with zero attached hydrogens (tertiary/aromatic N) is 2. The normalized spacial score (nSPS) is 12.8. The lowest BCUT2D eigenvalue weighted by molar-refractivity contribution is -0.404. The average Bonchev–Trinajstić information content (AvgIpc) is 3.03. The molecule has 31 heavy (non-hydrogen) atoms. The van der Waals surface area contributed by atoms with Gasteiger partial charge in [-0.15, -0.1) is 11.3 Å². The van der Waals surface area contributed by atoms with Crippen LogP contribution in [0.1, 0.15) is 32.5 Å². The molecule has 7 nitrogen and oxygen atoms in total. The van der Waals surface area contributed by atoms with E-state index >= 15 is 0 Å². The van der Waals surface area contributed by atoms with Crippen LogP contribution in [0.3, 0.4) is 0 Å². The van der Waals surface area contributed by atoms with E-state index in [4.69, 9.17) is 0 Å². The molecular formula is C22H32N4O3S2. The van der Waals surface area contributed by atoms with Crippen LogP contribution in [0.2, 0.25) is 0 Å². The smallest absolute Gasteiger partial charge is 0.274 e. The highest BCUT2D eigenvalue weighted by atomic mass is 32.2. The van der Waals surface area contributed by atoms with Gasteiger partial charge in [-0.05, 0) is 45.1 Å². The summed E-state index contributed by atoms with van der Waals surface area (Å²) in [6.07, 6.45) is 0.161. The van der Waals surface area contributed by atoms with Gasteiger partial charge >= 0.3 is 0 Å². The van der Waals surface area contributed by atoms with E-state index in [2.05, 4.69) is 42.6 Å². The highest BCUT2D eigenvalue weighted by molar-refractivity contribution is 7.98. The van der Waals surface area contributed by atoms with Gasteiger partial charge in [0, 0.05) is 40.9 Å². The molecule has 2 aromatic rings. The summed E-state index contributed by atoms with van der Waals surface area (Å²) in [6.45, 7) is 5.84. The number of hydrogen-bond donors (Lipinski definition) is 3. The van der Waals surface area contributed by atoms with Crippen molar-refractivity contribution >= 4 is 23.1 Å². The summed E-state index contributed by atoms with van der Waals surface area (Å²) < 4.78 is 0. The first-order valence-corrected chi connectivity index (χ1v) is 12.1. The van der Waals surface area contributed by atoms with Crippen LogP contribution in [-0.2, 0) is 12.3 Å². The van der Waals surface area contributed by atoms with Gasteiger partial charge in [-0.2, -0.15) is 11.8 Å². The number of aliphatic hydroxyl groups excluding tert-OH is 1. The summed E-state index contributed by atoms with van der Waals surface area (Å²) in [6, 6.07) is 9.84. The van der Waals surface area contributed by atoms with Crippen molar-refractivity contribution in [2.45, 2.75) is 32.2 Å². The van der Waals surface area contributed by atoms with Gasteiger partial charge in [-0.25, -0.2) is 0 Å². The minimum Gasteiger partial charge on any atom is -0.387 e. The third-order valence-corrected chi connectivity index (χ3v) is 6.90. The van der Waals surface area contributed by atoms with E-state index in [0.29, 0.717) is 12.4 Å². The van der Waals surface area contributed by atoms with E-state index < -0.39 is 11.0 Å². The van der Waals surface area contributed by atoms with Crippen LogP contribution in [-0.4, -0.2) is 47.9 Å². The summed E-state index contributed by atoms with van der Waals surface area (Å²) >= 11 is 3.64. The van der Waals surface area contributed by atoms with E-state index in [1.165, 1.54) is 15.3 Å². The van der Waals surface area contributed by atoms with Gasteiger partial charge in [0.1, 0.15) is 0 Å². The second-order valence-electron chi connectivity index (χ2n) is 7.68. The van der Waals surface area contributed by atoms with Crippen LogP contribution in [0.4, 0.5) is 0 Å². The van der Waals surface area contributed by atoms with Crippen LogP contribution in [0, 0.1) is 24.0 Å². The first-order chi connectivity index (χ1) is 14.7. The summed E-state index contributed by atoms with van der Waals surface area (Å²) in [4.78, 5) is 15.3. The molecule has 0 saturated heterocycles. The van der Waals surface area contributed by atoms with Crippen molar-refractivity contribution in [3.8, 4) is 0 Å². The quantitative estimate of drug-likeness (QED) is 0.237. The first-order valence-electron chi connectivity index (χ1n) is 10.1. The highest BCUT2D eigenvalue weighted by Gasteiger charge is 2.10. The topological polar surface area (TPSA) is 90.7 Å². The fourth-order valence-corrected chi connectivity index (χ4v) is 5.25. The molecule has 1 atom stereocenters. The number of aliphatic hydroxyl groups is 1. The van der Waals surface area contributed by atoms with Crippen molar-refractivity contribution in [2.24, 2.45) is 0 Å². The lowest BCUT2D eigenvalue weighted by Gasteiger charge is -2.15. The Labute approximate surface area is 192 Å². The molecule has 1 aromatic carbocycles. The number of hydrogen-bond acceptors (Lipinski definition) is 8. The highest BCUT2D eigenvalue weighted by Crippen LogP contribution is 2.26. The van der Waals surface area contributed by atoms with Gasteiger partial charge < -0.3 is 20.6 Å². The minimum absolute atomic E-state index is 0.187. The van der Waals surface area contributed by atoms with Crippen molar-refractivity contribution in [2.75, 3.05) is 32.9 Å². The van der Waals surface area contributed by atoms with Gasteiger partial charge in [0.15, 0.2) is 5.82 Å². The number of aryl methyl sites for hydroxylation is 2. The molecule has 0 aliphatic rings. The molecule has 0 radical (unpaired) electrons. The van der Waals surface area contributed by atoms with Crippen molar-refractivity contribution < 1.29 is 10.0 Å². The predicted octanol–water partition coefficient (Wildman–Crippen LogP) is 3.65. The number of nitro groups is 1. The summed E-state index contributed by atoms with van der Waals surface area (Å²) in [5.74, 6) is 2.04. The lowest BCUT2D eigenvalue weighted by Crippen LogP contribution is -2.31. The molecule has 9 heteroatoms. The van der Waals surface area contributed by atoms with E-state index in [1.54, 1.807) is 11.8 Å². The van der Waals surface area contributed by atoms with E-state index in [0.717, 1.165) is 35.4 Å². The van der Waals surface area contributed by atoms with Crippen LogP contribution in [0.25, 0.3) is 0 Å². The molecular weight excluding hydrogens is 432 g/mol. The SMILES string of the molecule is Cc1cccc(C(O)CN/C(=C\[N+](=O)[O-])NCCSCc2cc(C)c(CN(C)C)s2)c1. The Morgan fingerprint density at radius 3 is 2.77 bits per heavy atom. The third-order valence-electron chi connectivity index (χ3n) is 4.48. The molecule has 1 unspecified atom stereocenters. The Morgan fingerprint density at radius 2 is 2.10 bits per heavy atom. The number of thioether (sulfide) groups is 1. The molecule has 0 fully saturated rings. The number of nitrogens with one attached hydrogen (secondary N) is 2. The van der Waals surface area contributed by atoms with Crippen LogP contribution < -0.4 is 10.6 Å². The van der Waals surface area contributed by atoms with Crippen LogP contribution in [0.15, 0.2) is 42.4 Å². The zero-order valence-corrected chi connectivity index (χ0v) is 20.2. The van der Waals surface area contributed by atoms with Crippen LogP contribution in [0.5, 0.6) is 0 Å². The monoisotopic (exact) mass is 464 g/mol. The number of rotatable bonds is 13. The van der Waals surface area contributed by atoms with Gasteiger partial charge in [-0.1, -0.05) is 29.8 Å². The van der Waals surface area contributed by atoms with Crippen LogP contribution >= 0.6 is 23.1 Å². The molecule has 3 N–H and O–H groups in total. The minimum atomic E-state index is -0.746.